The van der Waals surface area contributed by atoms with Crippen molar-refractivity contribution in [1.29, 1.82) is 0 Å². The van der Waals surface area contributed by atoms with Crippen LogP contribution in [-0.2, 0) is 4.79 Å². The van der Waals surface area contributed by atoms with Gasteiger partial charge < -0.3 is 15.1 Å². The van der Waals surface area contributed by atoms with Crippen LogP contribution in [0.4, 0.5) is 0 Å². The Balaban J connectivity index is 1.77. The van der Waals surface area contributed by atoms with Gasteiger partial charge in [0, 0.05) is 30.1 Å². The molecular weight excluding hydrogens is 356 g/mol. The highest BCUT2D eigenvalue weighted by molar-refractivity contribution is 6.05. The third-order valence-electron chi connectivity index (χ3n) is 5.03. The number of benzene rings is 2. The highest BCUT2D eigenvalue weighted by Crippen LogP contribution is 2.27. The average Bonchev–Trinajstić information content (AvgIpc) is 2.72. The summed E-state index contributed by atoms with van der Waals surface area (Å²) >= 11 is 0. The molecule has 1 unspecified atom stereocenters. The van der Waals surface area contributed by atoms with Gasteiger partial charge in [0.15, 0.2) is 11.0 Å². The molecule has 28 heavy (non-hydrogen) atoms. The second kappa shape index (κ2) is 7.31. The van der Waals surface area contributed by atoms with Crippen LogP contribution in [0.3, 0.4) is 0 Å². The number of hydrogen-bond acceptors (Lipinski definition) is 4. The van der Waals surface area contributed by atoms with Crippen molar-refractivity contribution < 1.29 is 14.0 Å². The molecule has 2 heterocycles. The van der Waals surface area contributed by atoms with E-state index in [1.54, 1.807) is 25.1 Å². The van der Waals surface area contributed by atoms with Crippen molar-refractivity contribution >= 4 is 22.8 Å². The molecular formula is C22H20N2O4. The Morgan fingerprint density at radius 3 is 2.61 bits per heavy atom. The minimum Gasteiger partial charge on any atom is -0.455 e. The fourth-order valence-corrected chi connectivity index (χ4v) is 3.47. The second-order valence-electron chi connectivity index (χ2n) is 6.95. The van der Waals surface area contributed by atoms with Crippen molar-refractivity contribution in [3.8, 4) is 11.3 Å². The van der Waals surface area contributed by atoms with Crippen LogP contribution in [0.1, 0.15) is 28.8 Å². The number of amides is 2. The van der Waals surface area contributed by atoms with E-state index in [1.165, 1.54) is 0 Å². The number of hydrogen-bond donors (Lipinski definition) is 2. The van der Waals surface area contributed by atoms with Crippen LogP contribution in [0.15, 0.2) is 57.7 Å². The molecule has 6 heteroatoms. The summed E-state index contributed by atoms with van der Waals surface area (Å²) in [5, 5.41) is 6.05. The van der Waals surface area contributed by atoms with E-state index in [1.807, 2.05) is 30.3 Å². The van der Waals surface area contributed by atoms with Gasteiger partial charge >= 0.3 is 0 Å². The lowest BCUT2D eigenvalue weighted by atomic mass is 10.0. The highest BCUT2D eigenvalue weighted by Gasteiger charge is 2.23. The average molecular weight is 376 g/mol. The van der Waals surface area contributed by atoms with Crippen LogP contribution in [-0.4, -0.2) is 24.4 Å². The summed E-state index contributed by atoms with van der Waals surface area (Å²) in [6, 6.07) is 14.2. The van der Waals surface area contributed by atoms with Crippen LogP contribution in [0.25, 0.3) is 22.3 Å². The summed E-state index contributed by atoms with van der Waals surface area (Å²) in [5.74, 6) is 0.130. The van der Waals surface area contributed by atoms with Gasteiger partial charge in [-0.3, -0.25) is 14.4 Å². The van der Waals surface area contributed by atoms with E-state index >= 15 is 0 Å². The molecule has 2 N–H and O–H groups in total. The molecule has 1 aliphatic heterocycles. The second-order valence-corrected chi connectivity index (χ2v) is 6.95. The number of fused-ring (bicyclic) bond motifs is 1. The molecule has 0 saturated carbocycles. The minimum atomic E-state index is -0.322. The fourth-order valence-electron chi connectivity index (χ4n) is 3.47. The Hall–Kier alpha value is -3.41. The lowest BCUT2D eigenvalue weighted by Gasteiger charge is -2.23. The molecule has 0 bridgehead atoms. The Kier molecular flexibility index (Phi) is 4.69. The number of para-hydroxylation sites is 1. The number of nitrogens with one attached hydrogen (secondary N) is 2. The quantitative estimate of drug-likeness (QED) is 0.736. The summed E-state index contributed by atoms with van der Waals surface area (Å²) in [7, 11) is 0. The number of carbonyl (C=O) groups is 2. The van der Waals surface area contributed by atoms with Crippen molar-refractivity contribution in [2.75, 3.05) is 6.54 Å². The monoisotopic (exact) mass is 376 g/mol. The van der Waals surface area contributed by atoms with E-state index in [-0.39, 0.29) is 28.9 Å². The van der Waals surface area contributed by atoms with E-state index in [0.717, 1.165) is 5.56 Å². The van der Waals surface area contributed by atoms with E-state index in [4.69, 9.17) is 4.42 Å². The predicted molar refractivity (Wildman–Crippen MR) is 106 cm³/mol. The third kappa shape index (κ3) is 3.29. The summed E-state index contributed by atoms with van der Waals surface area (Å²) in [4.78, 5) is 37.1. The van der Waals surface area contributed by atoms with Gasteiger partial charge in [0.2, 0.25) is 5.91 Å². The van der Waals surface area contributed by atoms with Crippen LogP contribution < -0.4 is 16.1 Å². The first kappa shape index (κ1) is 18.0. The van der Waals surface area contributed by atoms with Gasteiger partial charge in [-0.2, -0.15) is 0 Å². The molecule has 1 saturated heterocycles. The van der Waals surface area contributed by atoms with Gasteiger partial charge in [-0.25, -0.2) is 0 Å². The minimum absolute atomic E-state index is 0.00960. The van der Waals surface area contributed by atoms with Crippen molar-refractivity contribution in [3.63, 3.8) is 0 Å². The van der Waals surface area contributed by atoms with Crippen LogP contribution >= 0.6 is 0 Å². The highest BCUT2D eigenvalue weighted by atomic mass is 16.3. The molecule has 0 radical (unpaired) electrons. The normalized spacial score (nSPS) is 16.6. The predicted octanol–water partition coefficient (Wildman–Crippen LogP) is 2.78. The Bertz CT molecular complexity index is 1110. The largest absolute Gasteiger partial charge is 0.455 e. The Labute approximate surface area is 161 Å². The molecule has 0 aliphatic carbocycles. The molecule has 1 aliphatic rings. The van der Waals surface area contributed by atoms with E-state index in [2.05, 4.69) is 10.6 Å². The molecule has 4 rings (SSSR count). The summed E-state index contributed by atoms with van der Waals surface area (Å²) in [6.07, 6.45) is 0.966. The first-order valence-electron chi connectivity index (χ1n) is 9.24. The van der Waals surface area contributed by atoms with Gasteiger partial charge in [-0.15, -0.1) is 0 Å². The van der Waals surface area contributed by atoms with Gasteiger partial charge in [0.1, 0.15) is 5.76 Å². The van der Waals surface area contributed by atoms with Crippen molar-refractivity contribution in [3.05, 3.63) is 69.9 Å². The maximum atomic E-state index is 12.9. The van der Waals surface area contributed by atoms with E-state index in [0.29, 0.717) is 41.7 Å². The van der Waals surface area contributed by atoms with Crippen LogP contribution in [0.2, 0.25) is 0 Å². The lowest BCUT2D eigenvalue weighted by Crippen LogP contribution is -2.47. The zero-order valence-corrected chi connectivity index (χ0v) is 15.5. The maximum Gasteiger partial charge on any atom is 0.255 e. The molecule has 2 amide bonds. The van der Waals surface area contributed by atoms with Gasteiger partial charge in [0.25, 0.3) is 5.91 Å². The zero-order chi connectivity index (χ0) is 19.7. The van der Waals surface area contributed by atoms with Gasteiger partial charge in [-0.05, 0) is 25.5 Å². The molecule has 1 atom stereocenters. The third-order valence-corrected chi connectivity index (χ3v) is 5.03. The first-order valence-corrected chi connectivity index (χ1v) is 9.24. The van der Waals surface area contributed by atoms with E-state index < -0.39 is 0 Å². The van der Waals surface area contributed by atoms with E-state index in [9.17, 15) is 14.4 Å². The molecule has 2 aromatic carbocycles. The smallest absolute Gasteiger partial charge is 0.255 e. The molecule has 6 nitrogen and oxygen atoms in total. The number of carbonyl (C=O) groups excluding carboxylic acids is 2. The van der Waals surface area contributed by atoms with Crippen molar-refractivity contribution in [2.45, 2.75) is 25.8 Å². The molecule has 0 spiro atoms. The lowest BCUT2D eigenvalue weighted by molar-refractivity contribution is -0.122. The van der Waals surface area contributed by atoms with Gasteiger partial charge in [0.05, 0.1) is 10.9 Å². The molecule has 3 aromatic rings. The molecule has 142 valence electrons. The summed E-state index contributed by atoms with van der Waals surface area (Å²) in [5.41, 5.74) is 1.72. The topological polar surface area (TPSA) is 88.4 Å². The zero-order valence-electron chi connectivity index (χ0n) is 15.5. The maximum absolute atomic E-state index is 12.9. The number of piperidine rings is 1. The fraction of sp³-hybridized carbons (Fsp3) is 0.227. The Morgan fingerprint density at radius 1 is 1.11 bits per heavy atom. The number of rotatable bonds is 3. The molecule has 1 fully saturated rings. The standard InChI is InChI=1S/C22H20N2O4/c1-13-19(26)16-8-5-9-17(22(27)24-15-10-11-18(25)23-12-15)21(16)28-20(13)14-6-3-2-4-7-14/h2-9,15H,10-12H2,1H3,(H,23,25)(H,24,27). The molecule has 1 aromatic heterocycles. The van der Waals surface area contributed by atoms with Crippen molar-refractivity contribution in [2.24, 2.45) is 0 Å². The summed E-state index contributed by atoms with van der Waals surface area (Å²) < 4.78 is 6.09. The van der Waals surface area contributed by atoms with Gasteiger partial charge in [-0.1, -0.05) is 36.4 Å². The Morgan fingerprint density at radius 2 is 1.89 bits per heavy atom. The first-order chi connectivity index (χ1) is 13.5. The van der Waals surface area contributed by atoms with Crippen LogP contribution in [0, 0.1) is 6.92 Å². The SMILES string of the molecule is Cc1c(-c2ccccc2)oc2c(C(=O)NC3CCC(=O)NC3)cccc2c1=O. The van der Waals surface area contributed by atoms with Crippen LogP contribution in [0.5, 0.6) is 0 Å². The summed E-state index contributed by atoms with van der Waals surface area (Å²) in [6.45, 7) is 2.12. The van der Waals surface area contributed by atoms with Crippen molar-refractivity contribution in [1.82, 2.24) is 10.6 Å².